The van der Waals surface area contributed by atoms with Crippen molar-refractivity contribution in [2.24, 2.45) is 0 Å². The van der Waals surface area contributed by atoms with E-state index in [1.807, 2.05) is 30.3 Å². The Labute approximate surface area is 301 Å². The van der Waals surface area contributed by atoms with Gasteiger partial charge in [-0.1, -0.05) is 120 Å². The summed E-state index contributed by atoms with van der Waals surface area (Å²) in [5.74, 6) is -0.973. The largest absolute Gasteiger partial charge is 0.352 e. The third-order valence-electron chi connectivity index (χ3n) is 8.37. The molecule has 2 amide bonds. The minimum Gasteiger partial charge on any atom is -0.352 e. The van der Waals surface area contributed by atoms with Crippen LogP contribution in [0.5, 0.6) is 0 Å². The first kappa shape index (κ1) is 36.0. The molecule has 1 saturated carbocycles. The van der Waals surface area contributed by atoms with Gasteiger partial charge in [-0.05, 0) is 66.4 Å². The number of amides is 2. The molecule has 252 valence electrons. The van der Waals surface area contributed by atoms with Crippen LogP contribution < -0.4 is 9.62 Å². The summed E-state index contributed by atoms with van der Waals surface area (Å²) in [6.45, 7) is -0.766. The van der Waals surface area contributed by atoms with Gasteiger partial charge in [0.15, 0.2) is 0 Å². The van der Waals surface area contributed by atoms with Crippen LogP contribution in [0.4, 0.5) is 5.69 Å². The van der Waals surface area contributed by atoms with Gasteiger partial charge in [-0.25, -0.2) is 8.42 Å². The van der Waals surface area contributed by atoms with Crippen molar-refractivity contribution in [2.75, 3.05) is 10.8 Å². The highest BCUT2D eigenvalue weighted by molar-refractivity contribution is 7.92. The second-order valence-corrected chi connectivity index (χ2v) is 15.3. The molecular formula is C36H35Cl4N3O4S. The first-order valence-corrected chi connectivity index (χ1v) is 18.6. The minimum absolute atomic E-state index is 0.0251. The maximum Gasteiger partial charge on any atom is 0.264 e. The molecule has 1 N–H and O–H groups in total. The van der Waals surface area contributed by atoms with Crippen LogP contribution in [0.2, 0.25) is 20.1 Å². The maximum atomic E-state index is 14.7. The molecule has 1 fully saturated rings. The molecule has 5 rings (SSSR count). The molecule has 0 aliphatic heterocycles. The van der Waals surface area contributed by atoms with Crippen molar-refractivity contribution in [3.63, 3.8) is 0 Å². The quantitative estimate of drug-likeness (QED) is 0.157. The number of anilines is 1. The molecule has 1 unspecified atom stereocenters. The normalized spacial score (nSPS) is 14.2. The number of hydrogen-bond acceptors (Lipinski definition) is 4. The minimum atomic E-state index is -4.34. The van der Waals surface area contributed by atoms with Crippen molar-refractivity contribution in [3.05, 3.63) is 128 Å². The number of nitrogens with one attached hydrogen (secondary N) is 1. The van der Waals surface area contributed by atoms with Crippen LogP contribution in [0.15, 0.2) is 102 Å². The van der Waals surface area contributed by atoms with Crippen molar-refractivity contribution >= 4 is 73.9 Å². The summed E-state index contributed by atoms with van der Waals surface area (Å²) in [4.78, 5) is 30.3. The Balaban J connectivity index is 1.60. The van der Waals surface area contributed by atoms with Crippen LogP contribution >= 0.6 is 46.4 Å². The van der Waals surface area contributed by atoms with Crippen molar-refractivity contribution in [3.8, 4) is 0 Å². The van der Waals surface area contributed by atoms with Gasteiger partial charge in [0.05, 0.1) is 15.6 Å². The third-order valence-corrected chi connectivity index (χ3v) is 11.3. The number of benzene rings is 4. The standard InChI is InChI=1S/C36H35Cl4N3O4S/c37-27-17-16-26(32(40)21-27)23-42(34(20-25-10-4-1-5-11-25)36(45)41-29-12-6-2-7-13-29)35(44)24-43(33-22-28(38)18-19-31(33)39)48(46,47)30-14-8-3-9-15-30/h1,3-5,8-11,14-19,21-22,29,34H,2,6-7,12-13,20,23-24H2,(H,41,45). The number of sulfonamides is 1. The Morgan fingerprint density at radius 1 is 0.771 bits per heavy atom. The van der Waals surface area contributed by atoms with Gasteiger partial charge in [0.2, 0.25) is 11.8 Å². The number of rotatable bonds is 12. The van der Waals surface area contributed by atoms with E-state index < -0.39 is 28.5 Å². The lowest BCUT2D eigenvalue weighted by Gasteiger charge is -2.35. The average Bonchev–Trinajstić information content (AvgIpc) is 3.08. The summed E-state index contributed by atoms with van der Waals surface area (Å²) in [6.07, 6.45) is 4.99. The van der Waals surface area contributed by atoms with Crippen LogP contribution in [0.25, 0.3) is 0 Å². The molecule has 7 nitrogen and oxygen atoms in total. The molecule has 4 aromatic rings. The van der Waals surface area contributed by atoms with Crippen LogP contribution in [-0.4, -0.2) is 43.8 Å². The summed E-state index contributed by atoms with van der Waals surface area (Å²) in [6, 6.07) is 25.4. The number of carbonyl (C=O) groups is 2. The van der Waals surface area contributed by atoms with E-state index in [1.54, 1.807) is 36.4 Å². The van der Waals surface area contributed by atoms with Gasteiger partial charge in [-0.2, -0.15) is 0 Å². The lowest BCUT2D eigenvalue weighted by Crippen LogP contribution is -2.55. The summed E-state index contributed by atoms with van der Waals surface area (Å²) < 4.78 is 29.3. The van der Waals surface area contributed by atoms with Gasteiger partial charge in [-0.3, -0.25) is 13.9 Å². The highest BCUT2D eigenvalue weighted by Gasteiger charge is 2.36. The molecule has 0 bridgehead atoms. The fourth-order valence-corrected chi connectivity index (χ4v) is 8.19. The molecular weight excluding hydrogens is 712 g/mol. The average molecular weight is 748 g/mol. The summed E-state index contributed by atoms with van der Waals surface area (Å²) >= 11 is 25.7. The van der Waals surface area contributed by atoms with E-state index in [9.17, 15) is 18.0 Å². The molecule has 0 heterocycles. The van der Waals surface area contributed by atoms with Crippen molar-refractivity contribution in [1.82, 2.24) is 10.2 Å². The lowest BCUT2D eigenvalue weighted by molar-refractivity contribution is -0.140. The molecule has 0 radical (unpaired) electrons. The van der Waals surface area contributed by atoms with E-state index in [-0.39, 0.29) is 45.5 Å². The zero-order valence-corrected chi connectivity index (χ0v) is 29.8. The van der Waals surface area contributed by atoms with E-state index in [1.165, 1.54) is 35.2 Å². The van der Waals surface area contributed by atoms with Crippen molar-refractivity contribution in [1.29, 1.82) is 0 Å². The zero-order chi connectivity index (χ0) is 34.3. The summed E-state index contributed by atoms with van der Waals surface area (Å²) in [5, 5.41) is 4.21. The number of carbonyl (C=O) groups excluding carboxylic acids is 2. The van der Waals surface area contributed by atoms with Gasteiger partial charge in [0.25, 0.3) is 10.0 Å². The molecule has 0 spiro atoms. The molecule has 1 aliphatic carbocycles. The van der Waals surface area contributed by atoms with Crippen molar-refractivity contribution in [2.45, 2.75) is 62.0 Å². The van der Waals surface area contributed by atoms with Gasteiger partial charge in [-0.15, -0.1) is 0 Å². The van der Waals surface area contributed by atoms with E-state index in [4.69, 9.17) is 46.4 Å². The monoisotopic (exact) mass is 745 g/mol. The van der Waals surface area contributed by atoms with Gasteiger partial charge >= 0.3 is 0 Å². The Bertz CT molecular complexity index is 1840. The fraction of sp³-hybridized carbons (Fsp3) is 0.278. The summed E-state index contributed by atoms with van der Waals surface area (Å²) in [5.41, 5.74) is 1.39. The molecule has 1 atom stereocenters. The second-order valence-electron chi connectivity index (χ2n) is 11.7. The zero-order valence-electron chi connectivity index (χ0n) is 26.0. The predicted octanol–water partition coefficient (Wildman–Crippen LogP) is 8.58. The highest BCUT2D eigenvalue weighted by atomic mass is 35.5. The van der Waals surface area contributed by atoms with Crippen LogP contribution in [0.1, 0.15) is 43.2 Å². The van der Waals surface area contributed by atoms with Crippen LogP contribution in [-0.2, 0) is 32.6 Å². The smallest absolute Gasteiger partial charge is 0.264 e. The van der Waals surface area contributed by atoms with E-state index >= 15 is 0 Å². The van der Waals surface area contributed by atoms with E-state index in [0.717, 1.165) is 42.0 Å². The van der Waals surface area contributed by atoms with Crippen molar-refractivity contribution < 1.29 is 18.0 Å². The second kappa shape index (κ2) is 16.4. The SMILES string of the molecule is O=C(NC1CCCCC1)C(Cc1ccccc1)N(Cc1ccc(Cl)cc1Cl)C(=O)CN(c1cc(Cl)ccc1Cl)S(=O)(=O)c1ccccc1. The molecule has 1 aliphatic rings. The lowest BCUT2D eigenvalue weighted by atomic mass is 9.94. The van der Waals surface area contributed by atoms with Gasteiger partial charge in [0, 0.05) is 34.1 Å². The Hall–Kier alpha value is -3.27. The third kappa shape index (κ3) is 9.04. The molecule has 4 aromatic carbocycles. The fourth-order valence-electron chi connectivity index (χ4n) is 5.84. The summed E-state index contributed by atoms with van der Waals surface area (Å²) in [7, 11) is -4.34. The molecule has 12 heteroatoms. The Kier molecular flexibility index (Phi) is 12.3. The number of halogens is 4. The van der Waals surface area contributed by atoms with E-state index in [2.05, 4.69) is 5.32 Å². The Morgan fingerprint density at radius 2 is 1.40 bits per heavy atom. The highest BCUT2D eigenvalue weighted by Crippen LogP contribution is 2.34. The molecule has 0 saturated heterocycles. The van der Waals surface area contributed by atoms with Gasteiger partial charge < -0.3 is 10.2 Å². The van der Waals surface area contributed by atoms with Gasteiger partial charge in [0.1, 0.15) is 12.6 Å². The molecule has 0 aromatic heterocycles. The topological polar surface area (TPSA) is 86.8 Å². The van der Waals surface area contributed by atoms with Crippen LogP contribution in [0.3, 0.4) is 0 Å². The first-order chi connectivity index (χ1) is 23.0. The predicted molar refractivity (Wildman–Crippen MR) is 193 cm³/mol. The number of hydrogen-bond donors (Lipinski definition) is 1. The Morgan fingerprint density at radius 3 is 2.06 bits per heavy atom. The van der Waals surface area contributed by atoms with E-state index in [0.29, 0.717) is 15.6 Å². The first-order valence-electron chi connectivity index (χ1n) is 15.6. The maximum absolute atomic E-state index is 14.7. The molecule has 48 heavy (non-hydrogen) atoms. The number of nitrogens with zero attached hydrogens (tertiary/aromatic N) is 2. The van der Waals surface area contributed by atoms with Crippen LogP contribution in [0, 0.1) is 0 Å².